The maximum Gasteiger partial charge on any atom is 0.234 e. The van der Waals surface area contributed by atoms with Gasteiger partial charge in [0.25, 0.3) is 0 Å². The molecule has 1 amide bonds. The summed E-state index contributed by atoms with van der Waals surface area (Å²) in [5.74, 6) is 1.52. The summed E-state index contributed by atoms with van der Waals surface area (Å²) in [7, 11) is 0. The smallest absolute Gasteiger partial charge is 0.234 e. The van der Waals surface area contributed by atoms with E-state index in [1.165, 1.54) is 27.6 Å². The van der Waals surface area contributed by atoms with Crippen LogP contribution in [0.5, 0.6) is 5.75 Å². The fourth-order valence-electron chi connectivity index (χ4n) is 3.81. The number of thiazole rings is 1. The highest BCUT2D eigenvalue weighted by Crippen LogP contribution is 2.31. The Labute approximate surface area is 229 Å². The molecule has 5 rings (SSSR count). The lowest BCUT2D eigenvalue weighted by Crippen LogP contribution is -2.15. The minimum atomic E-state index is -0.121. The highest BCUT2D eigenvalue weighted by Gasteiger charge is 2.15. The molecule has 0 atom stereocenters. The summed E-state index contributed by atoms with van der Waals surface area (Å²) in [6.07, 6.45) is 1.77. The summed E-state index contributed by atoms with van der Waals surface area (Å²) in [6, 6.07) is 21.9. The van der Waals surface area contributed by atoms with Gasteiger partial charge in [-0.15, -0.1) is 28.1 Å². The van der Waals surface area contributed by atoms with E-state index in [1.54, 1.807) is 17.4 Å². The van der Waals surface area contributed by atoms with Crippen LogP contribution in [-0.2, 0) is 17.9 Å². The molecule has 7 nitrogen and oxygen atoms in total. The number of carbonyl (C=O) groups is 1. The molecule has 0 aliphatic rings. The highest BCUT2D eigenvalue weighted by molar-refractivity contribution is 7.99. The van der Waals surface area contributed by atoms with Crippen molar-refractivity contribution in [1.29, 1.82) is 0 Å². The van der Waals surface area contributed by atoms with Gasteiger partial charge in [0.2, 0.25) is 5.91 Å². The molecule has 0 aliphatic heterocycles. The Kier molecular flexibility index (Phi) is 7.86. The van der Waals surface area contributed by atoms with E-state index in [-0.39, 0.29) is 18.3 Å². The van der Waals surface area contributed by atoms with E-state index in [0.717, 1.165) is 27.5 Å². The molecule has 3 aromatic carbocycles. The Morgan fingerprint density at radius 3 is 2.58 bits per heavy atom. The van der Waals surface area contributed by atoms with Crippen LogP contribution in [0.3, 0.4) is 0 Å². The standard InChI is InChI=1S/C29H27N5O2S2/c1-4-15-34-26(17-36-23-12-5-19(2)6-13-23)32-33-29(34)37-18-27(35)30-22-10-8-21(9-11-22)28-31-24-14-7-20(3)16-25(24)38-28/h4-14,16H,1,15,17-18H2,2-3H3,(H,30,35). The molecule has 0 aliphatic carbocycles. The Morgan fingerprint density at radius 2 is 1.82 bits per heavy atom. The molecule has 0 saturated heterocycles. The summed E-state index contributed by atoms with van der Waals surface area (Å²) in [5, 5.41) is 13.1. The van der Waals surface area contributed by atoms with Crippen LogP contribution in [0.2, 0.25) is 0 Å². The van der Waals surface area contributed by atoms with Gasteiger partial charge >= 0.3 is 0 Å². The maximum atomic E-state index is 12.7. The van der Waals surface area contributed by atoms with Gasteiger partial charge in [-0.3, -0.25) is 9.36 Å². The van der Waals surface area contributed by atoms with E-state index < -0.39 is 0 Å². The monoisotopic (exact) mass is 541 g/mol. The van der Waals surface area contributed by atoms with Gasteiger partial charge in [0.15, 0.2) is 11.0 Å². The van der Waals surface area contributed by atoms with Gasteiger partial charge in [-0.2, -0.15) is 0 Å². The SMILES string of the molecule is C=CCn1c(COc2ccc(C)cc2)nnc1SCC(=O)Nc1ccc(-c2nc3ccc(C)cc3s2)cc1. The Bertz CT molecular complexity index is 1570. The van der Waals surface area contributed by atoms with Crippen LogP contribution in [0.15, 0.2) is 84.5 Å². The first-order chi connectivity index (χ1) is 18.5. The van der Waals surface area contributed by atoms with Crippen LogP contribution in [0.1, 0.15) is 17.0 Å². The number of carbonyl (C=O) groups excluding carboxylic acids is 1. The average Bonchev–Trinajstić information content (AvgIpc) is 3.51. The molecule has 1 N–H and O–H groups in total. The van der Waals surface area contributed by atoms with Gasteiger partial charge in [0, 0.05) is 17.8 Å². The van der Waals surface area contributed by atoms with E-state index >= 15 is 0 Å². The molecular weight excluding hydrogens is 514 g/mol. The molecule has 0 radical (unpaired) electrons. The molecule has 0 saturated carbocycles. The zero-order valence-electron chi connectivity index (χ0n) is 21.2. The van der Waals surface area contributed by atoms with Crippen molar-refractivity contribution in [3.63, 3.8) is 0 Å². The topological polar surface area (TPSA) is 81.9 Å². The van der Waals surface area contributed by atoms with Crippen molar-refractivity contribution in [2.45, 2.75) is 32.2 Å². The second-order valence-electron chi connectivity index (χ2n) is 8.80. The number of aromatic nitrogens is 4. The van der Waals surface area contributed by atoms with Gasteiger partial charge < -0.3 is 10.1 Å². The zero-order valence-corrected chi connectivity index (χ0v) is 22.8. The van der Waals surface area contributed by atoms with E-state index in [9.17, 15) is 4.79 Å². The first kappa shape index (κ1) is 25.7. The number of nitrogens with zero attached hydrogens (tertiary/aromatic N) is 4. The number of aryl methyl sites for hydroxylation is 2. The van der Waals surface area contributed by atoms with Gasteiger partial charge in [-0.25, -0.2) is 4.98 Å². The molecule has 9 heteroatoms. The number of rotatable bonds is 10. The van der Waals surface area contributed by atoms with Crippen molar-refractivity contribution in [1.82, 2.24) is 19.7 Å². The Hall–Kier alpha value is -3.95. The third-order valence-corrected chi connectivity index (χ3v) is 7.82. The van der Waals surface area contributed by atoms with Gasteiger partial charge in [0.1, 0.15) is 17.4 Å². The minimum Gasteiger partial charge on any atom is -0.486 e. The average molecular weight is 542 g/mol. The van der Waals surface area contributed by atoms with Crippen LogP contribution in [-0.4, -0.2) is 31.4 Å². The van der Waals surface area contributed by atoms with Crippen LogP contribution in [0.25, 0.3) is 20.8 Å². The number of benzene rings is 3. The van der Waals surface area contributed by atoms with Crippen molar-refractivity contribution in [3.05, 3.63) is 96.3 Å². The lowest BCUT2D eigenvalue weighted by Gasteiger charge is -2.09. The van der Waals surface area contributed by atoms with Crippen molar-refractivity contribution in [2.75, 3.05) is 11.1 Å². The third-order valence-electron chi connectivity index (χ3n) is 5.79. The predicted molar refractivity (Wildman–Crippen MR) is 155 cm³/mol. The van der Waals surface area contributed by atoms with Crippen molar-refractivity contribution >= 4 is 44.9 Å². The fourth-order valence-corrected chi connectivity index (χ4v) is 5.64. The normalized spacial score (nSPS) is 11.0. The fraction of sp³-hybridized carbons (Fsp3) is 0.172. The summed E-state index contributed by atoms with van der Waals surface area (Å²) < 4.78 is 8.95. The number of amides is 1. The van der Waals surface area contributed by atoms with Crippen LogP contribution in [0.4, 0.5) is 5.69 Å². The molecular formula is C29H27N5O2S2. The van der Waals surface area contributed by atoms with E-state index in [0.29, 0.717) is 17.5 Å². The van der Waals surface area contributed by atoms with E-state index in [1.807, 2.05) is 66.1 Å². The number of anilines is 1. The second kappa shape index (κ2) is 11.6. The lowest BCUT2D eigenvalue weighted by molar-refractivity contribution is -0.113. The largest absolute Gasteiger partial charge is 0.486 e. The van der Waals surface area contributed by atoms with E-state index in [2.05, 4.69) is 41.1 Å². The molecule has 192 valence electrons. The number of fused-ring (bicyclic) bond motifs is 1. The molecule has 0 fully saturated rings. The summed E-state index contributed by atoms with van der Waals surface area (Å²) in [6.45, 7) is 8.74. The minimum absolute atomic E-state index is 0.121. The lowest BCUT2D eigenvalue weighted by atomic mass is 10.2. The molecule has 0 bridgehead atoms. The maximum absolute atomic E-state index is 12.7. The Morgan fingerprint density at radius 1 is 1.05 bits per heavy atom. The predicted octanol–water partition coefficient (Wildman–Crippen LogP) is 6.67. The molecule has 2 heterocycles. The van der Waals surface area contributed by atoms with Crippen LogP contribution < -0.4 is 10.1 Å². The first-order valence-corrected chi connectivity index (χ1v) is 13.9. The Balaban J connectivity index is 1.18. The number of allylic oxidation sites excluding steroid dienone is 1. The summed E-state index contributed by atoms with van der Waals surface area (Å²) >= 11 is 2.99. The van der Waals surface area contributed by atoms with Gasteiger partial charge in [0.05, 0.1) is 16.0 Å². The first-order valence-electron chi connectivity index (χ1n) is 12.1. The number of thioether (sulfide) groups is 1. The van der Waals surface area contributed by atoms with Crippen LogP contribution in [0, 0.1) is 13.8 Å². The van der Waals surface area contributed by atoms with Crippen molar-refractivity contribution in [3.8, 4) is 16.3 Å². The number of nitrogens with one attached hydrogen (secondary N) is 1. The highest BCUT2D eigenvalue weighted by atomic mass is 32.2. The number of hydrogen-bond acceptors (Lipinski definition) is 7. The molecule has 2 aromatic heterocycles. The van der Waals surface area contributed by atoms with Crippen LogP contribution >= 0.6 is 23.1 Å². The summed E-state index contributed by atoms with van der Waals surface area (Å²) in [5.41, 5.74) is 5.14. The van der Waals surface area contributed by atoms with E-state index in [4.69, 9.17) is 9.72 Å². The van der Waals surface area contributed by atoms with Crippen molar-refractivity contribution in [2.24, 2.45) is 0 Å². The molecule has 5 aromatic rings. The van der Waals surface area contributed by atoms with Crippen molar-refractivity contribution < 1.29 is 9.53 Å². The third kappa shape index (κ3) is 6.12. The summed E-state index contributed by atoms with van der Waals surface area (Å²) in [4.78, 5) is 17.4. The quantitative estimate of drug-likeness (QED) is 0.157. The van der Waals surface area contributed by atoms with Gasteiger partial charge in [-0.05, 0) is 67.9 Å². The molecule has 0 spiro atoms. The molecule has 0 unspecified atom stereocenters. The molecule has 38 heavy (non-hydrogen) atoms. The second-order valence-corrected chi connectivity index (χ2v) is 10.8. The van der Waals surface area contributed by atoms with Gasteiger partial charge in [-0.1, -0.05) is 41.6 Å². The number of hydrogen-bond donors (Lipinski definition) is 1. The number of ether oxygens (including phenoxy) is 1. The zero-order chi connectivity index (χ0) is 26.5.